The molecular weight excluding hydrogens is 502 g/mol. The Kier molecular flexibility index (Phi) is 9.68. The van der Waals surface area contributed by atoms with E-state index >= 15 is 0 Å². The van der Waals surface area contributed by atoms with Gasteiger partial charge in [0.05, 0.1) is 52.0 Å². The summed E-state index contributed by atoms with van der Waals surface area (Å²) in [5, 5.41) is 23.2. The van der Waals surface area contributed by atoms with E-state index < -0.39 is 41.7 Å². The summed E-state index contributed by atoms with van der Waals surface area (Å²) in [6.45, 7) is 8.91. The van der Waals surface area contributed by atoms with Crippen LogP contribution in [0.1, 0.15) is 70.1 Å². The Labute approximate surface area is 221 Å². The van der Waals surface area contributed by atoms with Crippen LogP contribution in [0.2, 0.25) is 0 Å². The summed E-state index contributed by atoms with van der Waals surface area (Å²) >= 11 is 8.02. The Morgan fingerprint density at radius 1 is 1.25 bits per heavy atom. The van der Waals surface area contributed by atoms with Crippen LogP contribution in [0, 0.1) is 18.3 Å². The molecular formula is C27H36ClNO6S. The number of fused-ring (bicyclic) bond motifs is 1. The van der Waals surface area contributed by atoms with Gasteiger partial charge in [0.25, 0.3) is 0 Å². The molecule has 0 fully saturated rings. The molecule has 1 aromatic carbocycles. The zero-order valence-electron chi connectivity index (χ0n) is 21.5. The second-order valence-electron chi connectivity index (χ2n) is 9.96. The van der Waals surface area contributed by atoms with Gasteiger partial charge in [-0.15, -0.1) is 11.3 Å². The molecule has 0 spiro atoms. The van der Waals surface area contributed by atoms with Gasteiger partial charge in [-0.1, -0.05) is 44.5 Å². The van der Waals surface area contributed by atoms with Crippen LogP contribution in [-0.2, 0) is 19.1 Å². The first-order chi connectivity index (χ1) is 16.9. The standard InChI is InChI=1S/C27H36ClNO6S/c1-6-19-25(32)15(2)34-12-11-18(28)8-9-21(17-7-10-22-20(13-17)29-16(3)36-22)35-24(31)14-23(30)27(4,5)26(19)33/h7-8,10,13,15,19,21,23,25,30,32H,6,9,11-12,14H2,1-5H3/b18-8+/t15-,19+,21-,23-,25+/m0/s1. The van der Waals surface area contributed by atoms with E-state index in [0.29, 0.717) is 24.3 Å². The third-order valence-corrected chi connectivity index (χ3v) is 8.23. The maximum Gasteiger partial charge on any atom is 0.309 e. The average Bonchev–Trinajstić information content (AvgIpc) is 3.20. The number of aliphatic hydroxyl groups is 2. The first kappa shape index (κ1) is 28.7. The van der Waals surface area contributed by atoms with E-state index in [2.05, 4.69) is 4.98 Å². The van der Waals surface area contributed by atoms with E-state index in [4.69, 9.17) is 21.1 Å². The van der Waals surface area contributed by atoms with Crippen LogP contribution >= 0.6 is 22.9 Å². The van der Waals surface area contributed by atoms with Crippen LogP contribution in [0.15, 0.2) is 29.3 Å². The highest BCUT2D eigenvalue weighted by molar-refractivity contribution is 7.18. The number of carbonyl (C=O) groups is 2. The van der Waals surface area contributed by atoms with E-state index in [-0.39, 0.29) is 18.8 Å². The van der Waals surface area contributed by atoms with Crippen LogP contribution in [-0.4, -0.2) is 51.9 Å². The lowest BCUT2D eigenvalue weighted by Crippen LogP contribution is -2.47. The molecule has 7 nitrogen and oxygen atoms in total. The number of esters is 1. The predicted octanol–water partition coefficient (Wildman–Crippen LogP) is 5.24. The number of hydrogen-bond donors (Lipinski definition) is 2. The summed E-state index contributed by atoms with van der Waals surface area (Å²) in [5.74, 6) is -1.69. The van der Waals surface area contributed by atoms with Crippen molar-refractivity contribution in [2.45, 2.75) is 84.7 Å². The third kappa shape index (κ3) is 6.72. The van der Waals surface area contributed by atoms with Gasteiger partial charge < -0.3 is 19.7 Å². The molecule has 2 aromatic rings. The lowest BCUT2D eigenvalue weighted by atomic mass is 9.73. The highest BCUT2D eigenvalue weighted by Gasteiger charge is 2.43. The summed E-state index contributed by atoms with van der Waals surface area (Å²) in [5.41, 5.74) is 0.325. The van der Waals surface area contributed by atoms with E-state index in [1.54, 1.807) is 45.1 Å². The molecule has 2 heterocycles. The normalized spacial score (nSPS) is 30.6. The Balaban J connectivity index is 1.92. The number of ketones is 1. The monoisotopic (exact) mass is 537 g/mol. The third-order valence-electron chi connectivity index (χ3n) is 6.94. The van der Waals surface area contributed by atoms with Crippen molar-refractivity contribution in [3.63, 3.8) is 0 Å². The SMILES string of the molecule is CC[C@H]1C(=O)C(C)(C)[C@@H](O)CC(=O)O[C@H](c2ccc3sc(C)nc3c2)C/C=C(/Cl)CCO[C@@H](C)[C@H]1O. The second kappa shape index (κ2) is 12.1. The lowest BCUT2D eigenvalue weighted by Gasteiger charge is -2.35. The molecule has 0 aliphatic carbocycles. The van der Waals surface area contributed by atoms with E-state index in [1.807, 2.05) is 25.1 Å². The number of aryl methyl sites for hydroxylation is 1. The van der Waals surface area contributed by atoms with E-state index in [9.17, 15) is 19.8 Å². The van der Waals surface area contributed by atoms with Crippen molar-refractivity contribution < 1.29 is 29.3 Å². The Morgan fingerprint density at radius 3 is 2.67 bits per heavy atom. The fourth-order valence-corrected chi connectivity index (χ4v) is 5.43. The van der Waals surface area contributed by atoms with Gasteiger partial charge in [-0.3, -0.25) is 9.59 Å². The molecule has 36 heavy (non-hydrogen) atoms. The maximum atomic E-state index is 13.4. The highest BCUT2D eigenvalue weighted by Crippen LogP contribution is 2.34. The largest absolute Gasteiger partial charge is 0.457 e. The number of Topliss-reactive ketones (excluding diaryl/α,β-unsaturated/α-hetero) is 1. The van der Waals surface area contributed by atoms with Crippen LogP contribution in [0.3, 0.4) is 0 Å². The zero-order valence-corrected chi connectivity index (χ0v) is 23.1. The summed E-state index contributed by atoms with van der Waals surface area (Å²) in [4.78, 5) is 30.9. The second-order valence-corrected chi connectivity index (χ2v) is 11.7. The first-order valence-electron chi connectivity index (χ1n) is 12.4. The quantitative estimate of drug-likeness (QED) is 0.504. The van der Waals surface area contributed by atoms with Crippen molar-refractivity contribution in [2.24, 2.45) is 11.3 Å². The molecule has 1 aliphatic rings. The number of hydrogen-bond acceptors (Lipinski definition) is 8. The van der Waals surface area contributed by atoms with Crippen LogP contribution in [0.25, 0.3) is 10.2 Å². The van der Waals surface area contributed by atoms with Gasteiger partial charge in [-0.25, -0.2) is 4.98 Å². The molecule has 0 radical (unpaired) electrons. The van der Waals surface area contributed by atoms with Gasteiger partial charge in [0.15, 0.2) is 0 Å². The van der Waals surface area contributed by atoms with Crippen LogP contribution in [0.4, 0.5) is 0 Å². The lowest BCUT2D eigenvalue weighted by molar-refractivity contribution is -0.156. The molecule has 5 atom stereocenters. The number of rotatable bonds is 2. The number of benzene rings is 1. The van der Waals surface area contributed by atoms with Gasteiger partial charge in [-0.05, 0) is 38.0 Å². The molecule has 3 rings (SSSR count). The number of halogens is 1. The van der Waals surface area contributed by atoms with Crippen molar-refractivity contribution in [3.05, 3.63) is 39.9 Å². The summed E-state index contributed by atoms with van der Waals surface area (Å²) in [6, 6.07) is 5.76. The minimum absolute atomic E-state index is 0.263. The average molecular weight is 538 g/mol. The van der Waals surface area contributed by atoms with Crippen molar-refractivity contribution in [1.29, 1.82) is 0 Å². The van der Waals surface area contributed by atoms with E-state index in [1.165, 1.54) is 0 Å². The molecule has 0 amide bonds. The molecule has 0 unspecified atom stereocenters. The van der Waals surface area contributed by atoms with Crippen molar-refractivity contribution in [1.82, 2.24) is 4.98 Å². The Hall–Kier alpha value is -1.84. The minimum atomic E-state index is -1.29. The Morgan fingerprint density at radius 2 is 1.97 bits per heavy atom. The predicted molar refractivity (Wildman–Crippen MR) is 141 cm³/mol. The number of cyclic esters (lactones) is 1. The number of ether oxygens (including phenoxy) is 2. The van der Waals surface area contributed by atoms with Gasteiger partial charge in [0, 0.05) is 23.8 Å². The molecule has 1 aromatic heterocycles. The number of aliphatic hydroxyl groups excluding tert-OH is 2. The minimum Gasteiger partial charge on any atom is -0.457 e. The molecule has 1 aliphatic heterocycles. The summed E-state index contributed by atoms with van der Waals surface area (Å²) < 4.78 is 12.7. The number of carbonyl (C=O) groups excluding carboxylic acids is 2. The Bertz CT molecular complexity index is 1110. The van der Waals surface area contributed by atoms with Gasteiger partial charge in [-0.2, -0.15) is 0 Å². The molecule has 0 saturated carbocycles. The smallest absolute Gasteiger partial charge is 0.309 e. The van der Waals surface area contributed by atoms with Crippen molar-refractivity contribution >= 4 is 44.9 Å². The number of nitrogens with zero attached hydrogens (tertiary/aromatic N) is 1. The fraction of sp³-hybridized carbons (Fsp3) is 0.593. The summed E-state index contributed by atoms with van der Waals surface area (Å²) in [6.07, 6.45) is -1.02. The molecule has 9 heteroatoms. The van der Waals surface area contributed by atoms with Gasteiger partial charge >= 0.3 is 5.97 Å². The zero-order chi connectivity index (χ0) is 26.6. The molecule has 0 saturated heterocycles. The number of thiazole rings is 1. The van der Waals surface area contributed by atoms with E-state index in [0.717, 1.165) is 20.8 Å². The topological polar surface area (TPSA) is 106 Å². The maximum absolute atomic E-state index is 13.4. The first-order valence-corrected chi connectivity index (χ1v) is 13.6. The van der Waals surface area contributed by atoms with Gasteiger partial charge in [0.2, 0.25) is 0 Å². The van der Waals surface area contributed by atoms with Crippen LogP contribution < -0.4 is 0 Å². The molecule has 2 N–H and O–H groups in total. The highest BCUT2D eigenvalue weighted by atomic mass is 35.5. The van der Waals surface area contributed by atoms with Gasteiger partial charge in [0.1, 0.15) is 11.9 Å². The van der Waals surface area contributed by atoms with Crippen molar-refractivity contribution in [2.75, 3.05) is 6.61 Å². The molecule has 0 bridgehead atoms. The van der Waals surface area contributed by atoms with Crippen LogP contribution in [0.5, 0.6) is 0 Å². The summed E-state index contributed by atoms with van der Waals surface area (Å²) in [7, 11) is 0. The van der Waals surface area contributed by atoms with Crippen molar-refractivity contribution in [3.8, 4) is 0 Å². The number of aromatic nitrogens is 1. The fourth-order valence-electron chi connectivity index (χ4n) is 4.46. The molecule has 198 valence electrons.